The van der Waals surface area contributed by atoms with Gasteiger partial charge in [-0.25, -0.2) is 15.0 Å². The van der Waals surface area contributed by atoms with Crippen molar-refractivity contribution in [3.05, 3.63) is 22.8 Å². The van der Waals surface area contributed by atoms with Crippen molar-refractivity contribution in [3.8, 4) is 10.8 Å². The predicted octanol–water partition coefficient (Wildman–Crippen LogP) is 2.88. The summed E-state index contributed by atoms with van der Waals surface area (Å²) in [6, 6.07) is 1.92. The highest BCUT2D eigenvalue weighted by molar-refractivity contribution is 7.13. The smallest absolute Gasteiger partial charge is 0.191 e. The van der Waals surface area contributed by atoms with Gasteiger partial charge in [-0.15, -0.1) is 11.3 Å². The quantitative estimate of drug-likeness (QED) is 0.880. The Morgan fingerprint density at radius 1 is 1.32 bits per heavy atom. The average molecular weight is 278 g/mol. The maximum Gasteiger partial charge on any atom is 0.191 e. The van der Waals surface area contributed by atoms with Gasteiger partial charge in [-0.3, -0.25) is 0 Å². The first-order valence-electron chi connectivity index (χ1n) is 6.26. The zero-order valence-corrected chi connectivity index (χ0v) is 12.3. The Bertz CT molecular complexity index is 541. The molecule has 0 radical (unpaired) electrons. The molecule has 0 saturated heterocycles. The van der Waals surface area contributed by atoms with E-state index >= 15 is 0 Å². The number of nitrogens with zero attached hydrogens (tertiary/aromatic N) is 3. The third-order valence-corrected chi connectivity index (χ3v) is 3.39. The minimum atomic E-state index is 0.473. The molecule has 1 N–H and O–H groups in total. The lowest BCUT2D eigenvalue weighted by Gasteiger charge is -2.07. The van der Waals surface area contributed by atoms with Crippen molar-refractivity contribution in [2.24, 2.45) is 0 Å². The molecule has 0 aliphatic carbocycles. The fraction of sp³-hybridized carbons (Fsp3) is 0.462. The van der Waals surface area contributed by atoms with Crippen molar-refractivity contribution in [1.29, 1.82) is 0 Å². The Labute approximate surface area is 117 Å². The second-order valence-corrected chi connectivity index (χ2v) is 5.08. The van der Waals surface area contributed by atoms with Crippen molar-refractivity contribution in [3.63, 3.8) is 0 Å². The monoisotopic (exact) mass is 278 g/mol. The molecule has 0 unspecified atom stereocenters. The lowest BCUT2D eigenvalue weighted by molar-refractivity contribution is 0.181. The number of nitrogens with one attached hydrogen (secondary N) is 1. The minimum absolute atomic E-state index is 0.473. The molecule has 0 saturated carbocycles. The first kappa shape index (κ1) is 13.9. The third-order valence-electron chi connectivity index (χ3n) is 2.44. The maximum atomic E-state index is 5.15. The molecule has 0 amide bonds. The molecule has 6 heteroatoms. The zero-order valence-electron chi connectivity index (χ0n) is 11.4. The Morgan fingerprint density at radius 3 is 2.79 bits per heavy atom. The largest absolute Gasteiger partial charge is 0.378 e. The van der Waals surface area contributed by atoms with Gasteiger partial charge in [0.1, 0.15) is 5.82 Å². The van der Waals surface area contributed by atoms with Gasteiger partial charge in [-0.05, 0) is 13.3 Å². The number of methoxy groups -OCH3 is 1. The molecule has 0 bridgehead atoms. The molecule has 5 nitrogen and oxygen atoms in total. The summed E-state index contributed by atoms with van der Waals surface area (Å²) in [5.74, 6) is 1.48. The van der Waals surface area contributed by atoms with E-state index in [0.29, 0.717) is 12.4 Å². The Balaban J connectivity index is 2.33. The fourth-order valence-electron chi connectivity index (χ4n) is 1.62. The van der Waals surface area contributed by atoms with E-state index in [2.05, 4.69) is 27.2 Å². The highest BCUT2D eigenvalue weighted by Crippen LogP contribution is 2.22. The van der Waals surface area contributed by atoms with Gasteiger partial charge in [-0.2, -0.15) is 0 Å². The van der Waals surface area contributed by atoms with Crippen molar-refractivity contribution in [2.45, 2.75) is 26.9 Å². The Morgan fingerprint density at radius 2 is 2.16 bits per heavy atom. The van der Waals surface area contributed by atoms with Crippen LogP contribution in [0.25, 0.3) is 10.8 Å². The molecule has 19 heavy (non-hydrogen) atoms. The van der Waals surface area contributed by atoms with E-state index in [4.69, 9.17) is 4.74 Å². The summed E-state index contributed by atoms with van der Waals surface area (Å²) in [5, 5.41) is 6.12. The van der Waals surface area contributed by atoms with E-state index in [1.165, 1.54) is 0 Å². The molecule has 2 aromatic heterocycles. The molecule has 0 aliphatic rings. The summed E-state index contributed by atoms with van der Waals surface area (Å²) >= 11 is 1.56. The number of rotatable bonds is 6. The molecule has 2 rings (SSSR count). The SMILES string of the molecule is CCCNc1cc(COC)nc(-c2nc(C)cs2)n1. The molecule has 102 valence electrons. The van der Waals surface area contributed by atoms with Gasteiger partial charge >= 0.3 is 0 Å². The van der Waals surface area contributed by atoms with Crippen LogP contribution in [-0.4, -0.2) is 28.6 Å². The van der Waals surface area contributed by atoms with Crippen molar-refractivity contribution in [1.82, 2.24) is 15.0 Å². The van der Waals surface area contributed by atoms with Crippen LogP contribution in [0.4, 0.5) is 5.82 Å². The van der Waals surface area contributed by atoms with Gasteiger partial charge in [0, 0.05) is 30.8 Å². The predicted molar refractivity (Wildman–Crippen MR) is 77.4 cm³/mol. The molecule has 0 aromatic carbocycles. The van der Waals surface area contributed by atoms with E-state index in [1.807, 2.05) is 18.4 Å². The van der Waals surface area contributed by atoms with E-state index < -0.39 is 0 Å². The lowest BCUT2D eigenvalue weighted by atomic mass is 10.3. The second-order valence-electron chi connectivity index (χ2n) is 4.22. The van der Waals surface area contributed by atoms with Crippen molar-refractivity contribution < 1.29 is 4.74 Å². The molecular formula is C13H18N4OS. The Hall–Kier alpha value is -1.53. The van der Waals surface area contributed by atoms with Crippen LogP contribution in [0.2, 0.25) is 0 Å². The fourth-order valence-corrected chi connectivity index (χ4v) is 2.34. The zero-order chi connectivity index (χ0) is 13.7. The van der Waals surface area contributed by atoms with Crippen LogP contribution in [0.5, 0.6) is 0 Å². The van der Waals surface area contributed by atoms with Crippen LogP contribution in [-0.2, 0) is 11.3 Å². The van der Waals surface area contributed by atoms with Gasteiger partial charge in [0.15, 0.2) is 10.8 Å². The van der Waals surface area contributed by atoms with E-state index in [0.717, 1.165) is 35.2 Å². The summed E-state index contributed by atoms with van der Waals surface area (Å²) in [5.41, 5.74) is 1.85. The minimum Gasteiger partial charge on any atom is -0.378 e. The van der Waals surface area contributed by atoms with Crippen LogP contribution in [0.3, 0.4) is 0 Å². The van der Waals surface area contributed by atoms with Crippen LogP contribution in [0, 0.1) is 6.92 Å². The summed E-state index contributed by atoms with van der Waals surface area (Å²) < 4.78 is 5.15. The highest BCUT2D eigenvalue weighted by Gasteiger charge is 2.10. The maximum absolute atomic E-state index is 5.15. The summed E-state index contributed by atoms with van der Waals surface area (Å²) in [6.45, 7) is 5.45. The summed E-state index contributed by atoms with van der Waals surface area (Å²) in [4.78, 5) is 13.4. The molecule has 2 aromatic rings. The molecule has 2 heterocycles. The van der Waals surface area contributed by atoms with Gasteiger partial charge in [-0.1, -0.05) is 6.92 Å². The van der Waals surface area contributed by atoms with Crippen molar-refractivity contribution in [2.75, 3.05) is 19.0 Å². The van der Waals surface area contributed by atoms with Gasteiger partial charge in [0.2, 0.25) is 0 Å². The van der Waals surface area contributed by atoms with Crippen LogP contribution < -0.4 is 5.32 Å². The molecule has 0 atom stereocenters. The number of hydrogen-bond donors (Lipinski definition) is 1. The number of thiazole rings is 1. The van der Waals surface area contributed by atoms with E-state index in [1.54, 1.807) is 18.4 Å². The number of hydrogen-bond acceptors (Lipinski definition) is 6. The van der Waals surface area contributed by atoms with Gasteiger partial charge in [0.25, 0.3) is 0 Å². The summed E-state index contributed by atoms with van der Waals surface area (Å²) in [6.07, 6.45) is 1.05. The molecule has 0 fully saturated rings. The van der Waals surface area contributed by atoms with E-state index in [-0.39, 0.29) is 0 Å². The van der Waals surface area contributed by atoms with E-state index in [9.17, 15) is 0 Å². The summed E-state index contributed by atoms with van der Waals surface area (Å²) in [7, 11) is 1.66. The molecular weight excluding hydrogens is 260 g/mol. The highest BCUT2D eigenvalue weighted by atomic mass is 32.1. The number of aryl methyl sites for hydroxylation is 1. The number of aromatic nitrogens is 3. The Kier molecular flexibility index (Phi) is 4.81. The molecule has 0 spiro atoms. The first-order valence-corrected chi connectivity index (χ1v) is 7.14. The standard InChI is InChI=1S/C13H18N4OS/c1-4-5-14-11-6-10(7-18-3)16-12(17-11)13-15-9(2)8-19-13/h6,8H,4-5,7H2,1-3H3,(H,14,16,17). The third kappa shape index (κ3) is 3.71. The topological polar surface area (TPSA) is 59.9 Å². The van der Waals surface area contributed by atoms with Crippen LogP contribution in [0.15, 0.2) is 11.4 Å². The average Bonchev–Trinajstić information content (AvgIpc) is 2.83. The van der Waals surface area contributed by atoms with Gasteiger partial charge in [0.05, 0.1) is 12.3 Å². The first-order chi connectivity index (χ1) is 9.22. The van der Waals surface area contributed by atoms with Crippen molar-refractivity contribution >= 4 is 17.2 Å². The molecule has 0 aliphatic heterocycles. The second kappa shape index (κ2) is 6.58. The van der Waals surface area contributed by atoms with Crippen LogP contribution >= 0.6 is 11.3 Å². The number of ether oxygens (including phenoxy) is 1. The van der Waals surface area contributed by atoms with Gasteiger partial charge < -0.3 is 10.1 Å². The lowest BCUT2D eigenvalue weighted by Crippen LogP contribution is -2.06. The normalized spacial score (nSPS) is 10.7. The van der Waals surface area contributed by atoms with Crippen LogP contribution in [0.1, 0.15) is 24.7 Å². The number of anilines is 1.